The Labute approximate surface area is 183 Å². The van der Waals surface area contributed by atoms with Crippen molar-refractivity contribution in [1.82, 2.24) is 9.80 Å². The molecule has 7 nitrogen and oxygen atoms in total. The maximum atomic E-state index is 12.7. The molecule has 1 aliphatic heterocycles. The summed E-state index contributed by atoms with van der Waals surface area (Å²) < 4.78 is 10.6. The van der Waals surface area contributed by atoms with Crippen molar-refractivity contribution in [3.8, 4) is 11.5 Å². The van der Waals surface area contributed by atoms with E-state index in [9.17, 15) is 9.59 Å². The predicted octanol–water partition coefficient (Wildman–Crippen LogP) is 2.59. The number of hydrogen-bond acceptors (Lipinski definition) is 5. The Morgan fingerprint density at radius 1 is 0.968 bits per heavy atom. The molecule has 7 heteroatoms. The smallest absolute Gasteiger partial charge is 0.238 e. The number of rotatable bonds is 8. The third-order valence-corrected chi connectivity index (χ3v) is 5.57. The van der Waals surface area contributed by atoms with Crippen LogP contribution in [0.2, 0.25) is 0 Å². The average Bonchev–Trinajstić information content (AvgIpc) is 2.79. The molecule has 0 radical (unpaired) electrons. The molecule has 0 unspecified atom stereocenters. The van der Waals surface area contributed by atoms with Crippen LogP contribution >= 0.6 is 0 Å². The molecule has 0 saturated carbocycles. The van der Waals surface area contributed by atoms with E-state index >= 15 is 0 Å². The summed E-state index contributed by atoms with van der Waals surface area (Å²) in [6, 6.07) is 13.4. The van der Waals surface area contributed by atoms with Crippen molar-refractivity contribution >= 4 is 17.5 Å². The van der Waals surface area contributed by atoms with Gasteiger partial charge in [0.15, 0.2) is 11.5 Å². The topological polar surface area (TPSA) is 71.1 Å². The molecule has 31 heavy (non-hydrogen) atoms. The van der Waals surface area contributed by atoms with Gasteiger partial charge >= 0.3 is 0 Å². The number of carbonyl (C=O) groups excluding carboxylic acids is 2. The Hall–Kier alpha value is -3.06. The number of hydrogen-bond donors (Lipinski definition) is 1. The van der Waals surface area contributed by atoms with E-state index in [-0.39, 0.29) is 11.8 Å². The Bertz CT molecular complexity index is 907. The molecule has 0 aliphatic carbocycles. The highest BCUT2D eigenvalue weighted by atomic mass is 16.5. The predicted molar refractivity (Wildman–Crippen MR) is 121 cm³/mol. The van der Waals surface area contributed by atoms with Gasteiger partial charge < -0.3 is 19.7 Å². The number of ether oxygens (including phenoxy) is 2. The summed E-state index contributed by atoms with van der Waals surface area (Å²) in [5.41, 5.74) is 2.89. The number of nitrogens with zero attached hydrogens (tertiary/aromatic N) is 2. The summed E-state index contributed by atoms with van der Waals surface area (Å²) >= 11 is 0. The molecule has 1 saturated heterocycles. The minimum Gasteiger partial charge on any atom is -0.493 e. The van der Waals surface area contributed by atoms with E-state index in [4.69, 9.17) is 9.47 Å². The van der Waals surface area contributed by atoms with Gasteiger partial charge in [0.2, 0.25) is 11.8 Å². The molecule has 2 aromatic carbocycles. The van der Waals surface area contributed by atoms with Crippen molar-refractivity contribution in [2.24, 2.45) is 0 Å². The lowest BCUT2D eigenvalue weighted by Gasteiger charge is -2.34. The Morgan fingerprint density at radius 2 is 1.68 bits per heavy atom. The molecule has 2 aromatic rings. The Morgan fingerprint density at radius 3 is 2.35 bits per heavy atom. The quantitative estimate of drug-likeness (QED) is 0.704. The third kappa shape index (κ3) is 5.98. The maximum absolute atomic E-state index is 12.7. The highest BCUT2D eigenvalue weighted by Crippen LogP contribution is 2.28. The number of amides is 2. The second kappa shape index (κ2) is 10.8. The van der Waals surface area contributed by atoms with E-state index in [1.54, 1.807) is 14.2 Å². The van der Waals surface area contributed by atoms with Crippen LogP contribution in [0.3, 0.4) is 0 Å². The van der Waals surface area contributed by atoms with Gasteiger partial charge in [0.25, 0.3) is 0 Å². The second-order valence-corrected chi connectivity index (χ2v) is 7.58. The van der Waals surface area contributed by atoms with Gasteiger partial charge in [-0.3, -0.25) is 14.5 Å². The van der Waals surface area contributed by atoms with Gasteiger partial charge in [-0.15, -0.1) is 0 Å². The maximum Gasteiger partial charge on any atom is 0.238 e. The fourth-order valence-corrected chi connectivity index (χ4v) is 3.78. The zero-order valence-corrected chi connectivity index (χ0v) is 18.5. The van der Waals surface area contributed by atoms with E-state index in [1.165, 1.54) is 0 Å². The van der Waals surface area contributed by atoms with Crippen LogP contribution in [0.15, 0.2) is 42.5 Å². The minimum atomic E-state index is -0.0222. The molecule has 0 atom stereocenters. The van der Waals surface area contributed by atoms with Crippen LogP contribution in [0.4, 0.5) is 5.69 Å². The molecule has 2 amide bonds. The summed E-state index contributed by atoms with van der Waals surface area (Å²) in [5, 5.41) is 3.01. The first-order chi connectivity index (χ1) is 15.0. The van der Waals surface area contributed by atoms with E-state index in [2.05, 4.69) is 17.1 Å². The zero-order valence-electron chi connectivity index (χ0n) is 18.5. The lowest BCUT2D eigenvalue weighted by atomic mass is 10.1. The number of anilines is 1. The van der Waals surface area contributed by atoms with Crippen LogP contribution in [0, 0.1) is 0 Å². The van der Waals surface area contributed by atoms with Gasteiger partial charge in [0, 0.05) is 31.9 Å². The number of nitrogens with one attached hydrogen (secondary N) is 1. The van der Waals surface area contributed by atoms with Crippen LogP contribution in [0.5, 0.6) is 11.5 Å². The zero-order chi connectivity index (χ0) is 22.2. The first-order valence-electron chi connectivity index (χ1n) is 10.6. The fraction of sp³-hybridized carbons (Fsp3) is 0.417. The third-order valence-electron chi connectivity index (χ3n) is 5.57. The Balaban J connectivity index is 1.48. The molecule has 0 aromatic heterocycles. The molecular weight excluding hydrogens is 394 g/mol. The lowest BCUT2D eigenvalue weighted by Crippen LogP contribution is -2.50. The van der Waals surface area contributed by atoms with E-state index in [0.29, 0.717) is 50.6 Å². The molecule has 1 fully saturated rings. The van der Waals surface area contributed by atoms with Crippen molar-refractivity contribution < 1.29 is 19.1 Å². The number of aryl methyl sites for hydroxylation is 1. The highest BCUT2D eigenvalue weighted by Gasteiger charge is 2.23. The highest BCUT2D eigenvalue weighted by molar-refractivity contribution is 5.93. The van der Waals surface area contributed by atoms with Crippen molar-refractivity contribution in [2.45, 2.75) is 19.8 Å². The van der Waals surface area contributed by atoms with Gasteiger partial charge in [0.05, 0.1) is 27.2 Å². The lowest BCUT2D eigenvalue weighted by molar-refractivity contribution is -0.132. The largest absolute Gasteiger partial charge is 0.493 e. The molecule has 1 N–H and O–H groups in total. The molecule has 166 valence electrons. The second-order valence-electron chi connectivity index (χ2n) is 7.58. The van der Waals surface area contributed by atoms with Crippen molar-refractivity contribution in [1.29, 1.82) is 0 Å². The van der Waals surface area contributed by atoms with Gasteiger partial charge in [-0.2, -0.15) is 0 Å². The van der Waals surface area contributed by atoms with Gasteiger partial charge in [-0.05, 0) is 35.7 Å². The normalized spacial score (nSPS) is 14.2. The molecule has 3 rings (SSSR count). The van der Waals surface area contributed by atoms with Gasteiger partial charge in [-0.1, -0.05) is 31.2 Å². The monoisotopic (exact) mass is 425 g/mol. The SMILES string of the molecule is CCc1ccccc1NC(=O)CN1CCN(C(=O)Cc2ccc(OC)c(OC)c2)CC1. The molecule has 0 spiro atoms. The number of benzene rings is 2. The Kier molecular flexibility index (Phi) is 7.89. The summed E-state index contributed by atoms with van der Waals surface area (Å²) in [4.78, 5) is 29.1. The fourth-order valence-electron chi connectivity index (χ4n) is 3.78. The van der Waals surface area contributed by atoms with Crippen LogP contribution < -0.4 is 14.8 Å². The molecule has 1 heterocycles. The van der Waals surface area contributed by atoms with E-state index < -0.39 is 0 Å². The molecular formula is C24H31N3O4. The number of methoxy groups -OCH3 is 2. The number of piperazine rings is 1. The molecule has 1 aliphatic rings. The van der Waals surface area contributed by atoms with Crippen molar-refractivity contribution in [3.63, 3.8) is 0 Å². The first-order valence-corrected chi connectivity index (χ1v) is 10.6. The van der Waals surface area contributed by atoms with Crippen LogP contribution in [0.1, 0.15) is 18.1 Å². The van der Waals surface area contributed by atoms with Gasteiger partial charge in [-0.25, -0.2) is 0 Å². The first kappa shape index (κ1) is 22.6. The summed E-state index contributed by atoms with van der Waals surface area (Å²) in [5.74, 6) is 1.32. The van der Waals surface area contributed by atoms with E-state index in [1.807, 2.05) is 47.4 Å². The van der Waals surface area contributed by atoms with Crippen LogP contribution in [-0.4, -0.2) is 68.6 Å². The van der Waals surface area contributed by atoms with Gasteiger partial charge in [0.1, 0.15) is 0 Å². The van der Waals surface area contributed by atoms with Crippen LogP contribution in [-0.2, 0) is 22.4 Å². The van der Waals surface area contributed by atoms with E-state index in [0.717, 1.165) is 23.2 Å². The number of para-hydroxylation sites is 1. The summed E-state index contributed by atoms with van der Waals surface area (Å²) in [6.45, 7) is 5.00. The summed E-state index contributed by atoms with van der Waals surface area (Å²) in [7, 11) is 3.17. The van der Waals surface area contributed by atoms with Crippen LogP contribution in [0.25, 0.3) is 0 Å². The standard InChI is InChI=1S/C24H31N3O4/c1-4-19-7-5-6-8-20(19)25-23(28)17-26-11-13-27(14-12-26)24(29)16-18-9-10-21(30-2)22(15-18)31-3/h5-10,15H,4,11-14,16-17H2,1-3H3,(H,25,28). The van der Waals surface area contributed by atoms with Crippen molar-refractivity contribution in [2.75, 3.05) is 52.3 Å². The number of carbonyl (C=O) groups is 2. The average molecular weight is 426 g/mol. The molecule has 0 bridgehead atoms. The summed E-state index contributed by atoms with van der Waals surface area (Å²) in [6.07, 6.45) is 1.19. The minimum absolute atomic E-state index is 0.0222. The van der Waals surface area contributed by atoms with Crippen molar-refractivity contribution in [3.05, 3.63) is 53.6 Å².